The predicted molar refractivity (Wildman–Crippen MR) is 71.7 cm³/mol. The molecule has 0 spiro atoms. The second-order valence-corrected chi connectivity index (χ2v) is 4.61. The number of anilines is 2. The standard InChI is InChI=1S/C13H19N3O2/c1-9-8-12(6-7-18-9)15-10-2-4-11(5-3-10)16-13(14)17/h2-5,9,12,15H,6-8H2,1H3,(H3,14,16,17). The number of benzene rings is 1. The van der Waals surface area contributed by atoms with Crippen molar-refractivity contribution >= 4 is 17.4 Å². The molecule has 1 aromatic rings. The van der Waals surface area contributed by atoms with Crippen LogP contribution in [0.3, 0.4) is 0 Å². The maximum absolute atomic E-state index is 10.7. The molecule has 1 saturated heterocycles. The Bertz CT molecular complexity index is 405. The van der Waals surface area contributed by atoms with Gasteiger partial charge in [-0.1, -0.05) is 0 Å². The van der Waals surface area contributed by atoms with E-state index in [9.17, 15) is 4.79 Å². The van der Waals surface area contributed by atoms with Gasteiger partial charge in [-0.05, 0) is 44.0 Å². The lowest BCUT2D eigenvalue weighted by atomic mass is 10.0. The summed E-state index contributed by atoms with van der Waals surface area (Å²) in [7, 11) is 0. The smallest absolute Gasteiger partial charge is 0.316 e. The van der Waals surface area contributed by atoms with Crippen molar-refractivity contribution in [1.29, 1.82) is 0 Å². The summed E-state index contributed by atoms with van der Waals surface area (Å²) < 4.78 is 5.51. The zero-order valence-electron chi connectivity index (χ0n) is 10.5. The number of rotatable bonds is 3. The summed E-state index contributed by atoms with van der Waals surface area (Å²) in [5.74, 6) is 0. The molecule has 2 atom stereocenters. The maximum atomic E-state index is 10.7. The summed E-state index contributed by atoms with van der Waals surface area (Å²) in [4.78, 5) is 10.7. The van der Waals surface area contributed by atoms with Gasteiger partial charge < -0.3 is 21.1 Å². The van der Waals surface area contributed by atoms with E-state index in [-0.39, 0.29) is 0 Å². The molecule has 0 saturated carbocycles. The van der Waals surface area contributed by atoms with Gasteiger partial charge in [0.05, 0.1) is 6.10 Å². The largest absolute Gasteiger partial charge is 0.382 e. The number of nitrogens with two attached hydrogens (primary N) is 1. The minimum Gasteiger partial charge on any atom is -0.382 e. The Morgan fingerprint density at radius 2 is 2.00 bits per heavy atom. The molecule has 0 radical (unpaired) electrons. The van der Waals surface area contributed by atoms with E-state index in [1.807, 2.05) is 24.3 Å². The van der Waals surface area contributed by atoms with Gasteiger partial charge in [-0.15, -0.1) is 0 Å². The highest BCUT2D eigenvalue weighted by molar-refractivity contribution is 5.87. The number of primary amides is 1. The summed E-state index contributed by atoms with van der Waals surface area (Å²) in [6.45, 7) is 2.90. The number of hydrogen-bond acceptors (Lipinski definition) is 3. The molecule has 18 heavy (non-hydrogen) atoms. The zero-order valence-corrected chi connectivity index (χ0v) is 10.5. The van der Waals surface area contributed by atoms with Crippen molar-refractivity contribution in [1.82, 2.24) is 0 Å². The fourth-order valence-electron chi connectivity index (χ4n) is 2.16. The molecule has 0 aromatic heterocycles. The van der Waals surface area contributed by atoms with Crippen LogP contribution in [0.2, 0.25) is 0 Å². The quantitative estimate of drug-likeness (QED) is 0.768. The number of amides is 2. The number of nitrogens with one attached hydrogen (secondary N) is 2. The second kappa shape index (κ2) is 5.73. The van der Waals surface area contributed by atoms with Gasteiger partial charge >= 0.3 is 6.03 Å². The van der Waals surface area contributed by atoms with Crippen molar-refractivity contribution in [2.45, 2.75) is 31.9 Å². The topological polar surface area (TPSA) is 76.4 Å². The van der Waals surface area contributed by atoms with Crippen LogP contribution >= 0.6 is 0 Å². The Labute approximate surface area is 107 Å². The number of carbonyl (C=O) groups is 1. The van der Waals surface area contributed by atoms with Gasteiger partial charge in [-0.25, -0.2) is 4.79 Å². The molecule has 1 aliphatic rings. The number of ether oxygens (including phenoxy) is 1. The van der Waals surface area contributed by atoms with Crippen LogP contribution in [0.25, 0.3) is 0 Å². The third-order valence-electron chi connectivity index (χ3n) is 3.01. The van der Waals surface area contributed by atoms with Crippen LogP contribution in [-0.4, -0.2) is 24.8 Å². The molecule has 98 valence electrons. The zero-order chi connectivity index (χ0) is 13.0. The first-order valence-electron chi connectivity index (χ1n) is 6.18. The van der Waals surface area contributed by atoms with Crippen LogP contribution in [0.4, 0.5) is 16.2 Å². The summed E-state index contributed by atoms with van der Waals surface area (Å²) in [6, 6.07) is 7.43. The lowest BCUT2D eigenvalue weighted by Crippen LogP contribution is -2.32. The Kier molecular flexibility index (Phi) is 4.04. The molecule has 2 rings (SSSR count). The lowest BCUT2D eigenvalue weighted by molar-refractivity contribution is 0.0232. The van der Waals surface area contributed by atoms with E-state index in [0.717, 1.165) is 25.1 Å². The molecular weight excluding hydrogens is 230 g/mol. The average Bonchev–Trinajstić information content (AvgIpc) is 2.31. The van der Waals surface area contributed by atoms with E-state index in [1.165, 1.54) is 0 Å². The molecule has 0 bridgehead atoms. The first-order valence-corrected chi connectivity index (χ1v) is 6.18. The third kappa shape index (κ3) is 3.63. The Balaban J connectivity index is 1.91. The Morgan fingerprint density at radius 1 is 1.33 bits per heavy atom. The molecule has 2 amide bonds. The number of carbonyl (C=O) groups excluding carboxylic acids is 1. The summed E-state index contributed by atoms with van der Waals surface area (Å²) in [5, 5.41) is 6.00. The van der Waals surface area contributed by atoms with E-state index in [2.05, 4.69) is 17.6 Å². The van der Waals surface area contributed by atoms with E-state index < -0.39 is 6.03 Å². The minimum absolute atomic E-state index is 0.312. The van der Waals surface area contributed by atoms with Gasteiger partial charge in [0.25, 0.3) is 0 Å². The predicted octanol–water partition coefficient (Wildman–Crippen LogP) is 2.16. The first kappa shape index (κ1) is 12.7. The molecule has 1 aromatic carbocycles. The van der Waals surface area contributed by atoms with Gasteiger partial charge in [0, 0.05) is 24.0 Å². The summed E-state index contributed by atoms with van der Waals surface area (Å²) >= 11 is 0. The molecule has 1 aliphatic heterocycles. The van der Waals surface area contributed by atoms with E-state index >= 15 is 0 Å². The van der Waals surface area contributed by atoms with E-state index in [1.54, 1.807) is 0 Å². The van der Waals surface area contributed by atoms with Crippen LogP contribution < -0.4 is 16.4 Å². The Morgan fingerprint density at radius 3 is 2.61 bits per heavy atom. The van der Waals surface area contributed by atoms with Crippen LogP contribution in [0.15, 0.2) is 24.3 Å². The monoisotopic (exact) mass is 249 g/mol. The number of urea groups is 1. The van der Waals surface area contributed by atoms with Gasteiger partial charge in [-0.2, -0.15) is 0 Å². The van der Waals surface area contributed by atoms with E-state index in [0.29, 0.717) is 17.8 Å². The van der Waals surface area contributed by atoms with Crippen LogP contribution in [0.1, 0.15) is 19.8 Å². The van der Waals surface area contributed by atoms with Gasteiger partial charge in [-0.3, -0.25) is 0 Å². The second-order valence-electron chi connectivity index (χ2n) is 4.61. The van der Waals surface area contributed by atoms with Gasteiger partial charge in [0.15, 0.2) is 0 Å². The minimum atomic E-state index is -0.547. The maximum Gasteiger partial charge on any atom is 0.316 e. The van der Waals surface area contributed by atoms with Gasteiger partial charge in [0.1, 0.15) is 0 Å². The van der Waals surface area contributed by atoms with Crippen LogP contribution in [0, 0.1) is 0 Å². The van der Waals surface area contributed by atoms with Crippen LogP contribution in [-0.2, 0) is 4.74 Å². The van der Waals surface area contributed by atoms with Crippen molar-refractivity contribution in [2.24, 2.45) is 5.73 Å². The van der Waals surface area contributed by atoms with Crippen molar-refractivity contribution in [3.05, 3.63) is 24.3 Å². The molecule has 4 N–H and O–H groups in total. The molecule has 2 unspecified atom stereocenters. The highest BCUT2D eigenvalue weighted by Gasteiger charge is 2.18. The van der Waals surface area contributed by atoms with Crippen LogP contribution in [0.5, 0.6) is 0 Å². The highest BCUT2D eigenvalue weighted by atomic mass is 16.5. The SMILES string of the molecule is CC1CC(Nc2ccc(NC(N)=O)cc2)CCO1. The highest BCUT2D eigenvalue weighted by Crippen LogP contribution is 2.20. The molecule has 1 fully saturated rings. The first-order chi connectivity index (χ1) is 8.63. The summed E-state index contributed by atoms with van der Waals surface area (Å²) in [6.07, 6.45) is 2.35. The molecule has 5 heteroatoms. The third-order valence-corrected chi connectivity index (χ3v) is 3.01. The lowest BCUT2D eigenvalue weighted by Gasteiger charge is -2.28. The normalized spacial score (nSPS) is 23.4. The van der Waals surface area contributed by atoms with Crippen molar-refractivity contribution in [2.75, 3.05) is 17.2 Å². The molecule has 0 aliphatic carbocycles. The van der Waals surface area contributed by atoms with Crippen molar-refractivity contribution in [3.63, 3.8) is 0 Å². The molecular formula is C13H19N3O2. The Hall–Kier alpha value is -1.75. The molecule has 1 heterocycles. The van der Waals surface area contributed by atoms with Gasteiger partial charge in [0.2, 0.25) is 0 Å². The fourth-order valence-corrected chi connectivity index (χ4v) is 2.16. The van der Waals surface area contributed by atoms with Crippen molar-refractivity contribution in [3.8, 4) is 0 Å². The van der Waals surface area contributed by atoms with Crippen molar-refractivity contribution < 1.29 is 9.53 Å². The average molecular weight is 249 g/mol. The fraction of sp³-hybridized carbons (Fsp3) is 0.462. The number of hydrogen-bond donors (Lipinski definition) is 3. The molecule has 5 nitrogen and oxygen atoms in total. The summed E-state index contributed by atoms with van der Waals surface area (Å²) in [5.41, 5.74) is 6.80. The van der Waals surface area contributed by atoms with E-state index in [4.69, 9.17) is 10.5 Å².